The van der Waals surface area contributed by atoms with E-state index in [1.54, 1.807) is 0 Å². The Morgan fingerprint density at radius 2 is 0.943 bits per heavy atom. The maximum Gasteiger partial charge on any atom is 0.308 e. The van der Waals surface area contributed by atoms with Crippen LogP contribution >= 0.6 is 0 Å². The van der Waals surface area contributed by atoms with Gasteiger partial charge >= 0.3 is 11.9 Å². The van der Waals surface area contributed by atoms with E-state index in [-0.39, 0.29) is 17.9 Å². The second kappa shape index (κ2) is 27.5. The molecule has 35 heavy (non-hydrogen) atoms. The SMILES string of the molecule is CCCCCCCCOC(=O)CCCCCCCCCCC(CC)C(=O)OCCCCCCCC. The first kappa shape index (κ1) is 33.9. The first-order valence-electron chi connectivity index (χ1n) is 15.5. The van der Waals surface area contributed by atoms with Gasteiger partial charge in [0.05, 0.1) is 19.1 Å². The molecule has 4 heteroatoms. The molecule has 0 spiro atoms. The van der Waals surface area contributed by atoms with Crippen molar-refractivity contribution in [3.05, 3.63) is 0 Å². The van der Waals surface area contributed by atoms with E-state index < -0.39 is 0 Å². The molecule has 0 saturated carbocycles. The van der Waals surface area contributed by atoms with E-state index in [1.165, 1.54) is 96.3 Å². The monoisotopic (exact) mass is 496 g/mol. The lowest BCUT2D eigenvalue weighted by Crippen LogP contribution is -2.17. The average molecular weight is 497 g/mol. The molecule has 0 heterocycles. The molecule has 0 N–H and O–H groups in total. The molecule has 0 saturated heterocycles. The van der Waals surface area contributed by atoms with Crippen LogP contribution in [0.25, 0.3) is 0 Å². The minimum Gasteiger partial charge on any atom is -0.466 e. The predicted octanol–water partition coefficient (Wildman–Crippen LogP) is 9.72. The highest BCUT2D eigenvalue weighted by molar-refractivity contribution is 5.72. The van der Waals surface area contributed by atoms with Gasteiger partial charge in [-0.1, -0.05) is 130 Å². The van der Waals surface area contributed by atoms with Crippen LogP contribution < -0.4 is 0 Å². The molecule has 0 aromatic carbocycles. The Morgan fingerprint density at radius 1 is 0.514 bits per heavy atom. The number of esters is 2. The molecule has 0 bridgehead atoms. The van der Waals surface area contributed by atoms with Crippen LogP contribution in [0.4, 0.5) is 0 Å². The largest absolute Gasteiger partial charge is 0.466 e. The number of ether oxygens (including phenoxy) is 2. The fourth-order valence-electron chi connectivity index (χ4n) is 4.52. The van der Waals surface area contributed by atoms with E-state index in [2.05, 4.69) is 20.8 Å². The molecule has 0 amide bonds. The molecule has 0 aromatic rings. The maximum atomic E-state index is 12.3. The fourth-order valence-corrected chi connectivity index (χ4v) is 4.52. The molecule has 4 nitrogen and oxygen atoms in total. The number of hydrogen-bond acceptors (Lipinski definition) is 4. The van der Waals surface area contributed by atoms with Crippen molar-refractivity contribution in [1.29, 1.82) is 0 Å². The summed E-state index contributed by atoms with van der Waals surface area (Å²) in [7, 11) is 0. The third-order valence-corrected chi connectivity index (χ3v) is 7.01. The average Bonchev–Trinajstić information content (AvgIpc) is 2.86. The van der Waals surface area contributed by atoms with Crippen molar-refractivity contribution in [1.82, 2.24) is 0 Å². The van der Waals surface area contributed by atoms with Gasteiger partial charge < -0.3 is 9.47 Å². The number of unbranched alkanes of at least 4 members (excludes halogenated alkanes) is 17. The number of carbonyl (C=O) groups excluding carboxylic acids is 2. The summed E-state index contributed by atoms with van der Waals surface area (Å²) in [6.07, 6.45) is 26.4. The van der Waals surface area contributed by atoms with Gasteiger partial charge in [-0.25, -0.2) is 0 Å². The van der Waals surface area contributed by atoms with Crippen LogP contribution in [0.2, 0.25) is 0 Å². The Kier molecular flexibility index (Phi) is 26.7. The van der Waals surface area contributed by atoms with Crippen LogP contribution in [-0.4, -0.2) is 25.2 Å². The lowest BCUT2D eigenvalue weighted by Gasteiger charge is -2.14. The quantitative estimate of drug-likeness (QED) is 0.0838. The van der Waals surface area contributed by atoms with Crippen molar-refractivity contribution in [2.45, 2.75) is 168 Å². The minimum atomic E-state index is -0.0189. The van der Waals surface area contributed by atoms with Gasteiger partial charge in [-0.2, -0.15) is 0 Å². The predicted molar refractivity (Wildman–Crippen MR) is 149 cm³/mol. The van der Waals surface area contributed by atoms with Gasteiger partial charge in [-0.15, -0.1) is 0 Å². The van der Waals surface area contributed by atoms with E-state index in [9.17, 15) is 9.59 Å². The molecule has 1 unspecified atom stereocenters. The topological polar surface area (TPSA) is 52.6 Å². The molecule has 208 valence electrons. The second-order valence-electron chi connectivity index (χ2n) is 10.4. The Labute approximate surface area is 218 Å². The lowest BCUT2D eigenvalue weighted by molar-refractivity contribution is -0.149. The molecule has 0 aliphatic heterocycles. The van der Waals surface area contributed by atoms with E-state index in [1.807, 2.05) is 0 Å². The van der Waals surface area contributed by atoms with Crippen LogP contribution in [0.3, 0.4) is 0 Å². The van der Waals surface area contributed by atoms with Crippen LogP contribution in [0.15, 0.2) is 0 Å². The number of carbonyl (C=O) groups is 2. The molecule has 0 aliphatic rings. The normalized spacial score (nSPS) is 12.0. The smallest absolute Gasteiger partial charge is 0.308 e. The van der Waals surface area contributed by atoms with Gasteiger partial charge in [0.2, 0.25) is 0 Å². The Balaban J connectivity index is 3.46. The molecule has 0 radical (unpaired) electrons. The maximum absolute atomic E-state index is 12.3. The van der Waals surface area contributed by atoms with E-state index in [0.717, 1.165) is 44.9 Å². The molecule has 0 aliphatic carbocycles. The molecule has 0 fully saturated rings. The van der Waals surface area contributed by atoms with Crippen molar-refractivity contribution in [2.24, 2.45) is 5.92 Å². The van der Waals surface area contributed by atoms with Crippen LogP contribution in [0, 0.1) is 5.92 Å². The molecule has 0 aromatic heterocycles. The highest BCUT2D eigenvalue weighted by Gasteiger charge is 2.17. The highest BCUT2D eigenvalue weighted by atomic mass is 16.5. The van der Waals surface area contributed by atoms with E-state index in [0.29, 0.717) is 19.6 Å². The van der Waals surface area contributed by atoms with Gasteiger partial charge in [0.1, 0.15) is 0 Å². The first-order valence-corrected chi connectivity index (χ1v) is 15.5. The fraction of sp³-hybridized carbons (Fsp3) is 0.935. The Morgan fingerprint density at radius 3 is 1.46 bits per heavy atom. The Bertz CT molecular complexity index is 463. The lowest BCUT2D eigenvalue weighted by atomic mass is 9.98. The molecular formula is C31H60O4. The standard InChI is InChI=1S/C31H60O4/c1-4-7-9-11-19-23-27-34-30(32)26-22-18-16-14-13-15-17-21-25-29(6-3)31(33)35-28-24-20-12-10-8-5-2/h29H,4-28H2,1-3H3. The number of hydrogen-bond donors (Lipinski definition) is 0. The van der Waals surface area contributed by atoms with Gasteiger partial charge in [-0.3, -0.25) is 9.59 Å². The first-order chi connectivity index (χ1) is 17.2. The molecule has 1 atom stereocenters. The summed E-state index contributed by atoms with van der Waals surface area (Å²) < 4.78 is 10.9. The van der Waals surface area contributed by atoms with Crippen LogP contribution in [-0.2, 0) is 19.1 Å². The highest BCUT2D eigenvalue weighted by Crippen LogP contribution is 2.18. The molecule has 0 rings (SSSR count). The summed E-state index contributed by atoms with van der Waals surface area (Å²) in [6.45, 7) is 7.75. The van der Waals surface area contributed by atoms with E-state index in [4.69, 9.17) is 9.47 Å². The zero-order chi connectivity index (χ0) is 25.8. The second-order valence-corrected chi connectivity index (χ2v) is 10.4. The van der Waals surface area contributed by atoms with E-state index >= 15 is 0 Å². The van der Waals surface area contributed by atoms with Crippen molar-refractivity contribution in [2.75, 3.05) is 13.2 Å². The molecular weight excluding hydrogens is 436 g/mol. The van der Waals surface area contributed by atoms with Crippen LogP contribution in [0.5, 0.6) is 0 Å². The third-order valence-electron chi connectivity index (χ3n) is 7.01. The van der Waals surface area contributed by atoms with Crippen molar-refractivity contribution < 1.29 is 19.1 Å². The summed E-state index contributed by atoms with van der Waals surface area (Å²) in [5.41, 5.74) is 0. The summed E-state index contributed by atoms with van der Waals surface area (Å²) in [4.78, 5) is 24.1. The summed E-state index contributed by atoms with van der Waals surface area (Å²) in [6, 6.07) is 0. The zero-order valence-corrected chi connectivity index (χ0v) is 23.9. The van der Waals surface area contributed by atoms with Crippen molar-refractivity contribution in [3.8, 4) is 0 Å². The minimum absolute atomic E-state index is 0.0189. The Hall–Kier alpha value is -1.06. The summed E-state index contributed by atoms with van der Waals surface area (Å²) >= 11 is 0. The zero-order valence-electron chi connectivity index (χ0n) is 23.9. The third kappa shape index (κ3) is 24.4. The van der Waals surface area contributed by atoms with Crippen molar-refractivity contribution in [3.63, 3.8) is 0 Å². The summed E-state index contributed by atoms with van der Waals surface area (Å²) in [5.74, 6) is 0.0806. The number of rotatable bonds is 27. The van der Waals surface area contributed by atoms with Gasteiger partial charge in [0, 0.05) is 6.42 Å². The summed E-state index contributed by atoms with van der Waals surface area (Å²) in [5, 5.41) is 0. The van der Waals surface area contributed by atoms with Gasteiger partial charge in [0.15, 0.2) is 0 Å². The van der Waals surface area contributed by atoms with Crippen molar-refractivity contribution >= 4 is 11.9 Å². The van der Waals surface area contributed by atoms with Gasteiger partial charge in [-0.05, 0) is 32.1 Å². The van der Waals surface area contributed by atoms with Crippen LogP contribution in [0.1, 0.15) is 168 Å². The van der Waals surface area contributed by atoms with Gasteiger partial charge in [0.25, 0.3) is 0 Å².